The molecule has 0 fully saturated rings. The van der Waals surface area contributed by atoms with Gasteiger partial charge in [0.25, 0.3) is 5.91 Å². The number of sulfonamides is 1. The highest BCUT2D eigenvalue weighted by Gasteiger charge is 2.21. The Labute approximate surface area is 146 Å². The van der Waals surface area contributed by atoms with Crippen LogP contribution in [0.5, 0.6) is 0 Å². The van der Waals surface area contributed by atoms with Crippen LogP contribution in [0.1, 0.15) is 28.2 Å². The number of hydrogen-bond donors (Lipinski definition) is 1. The van der Waals surface area contributed by atoms with Crippen molar-refractivity contribution in [3.05, 3.63) is 52.2 Å². The molecule has 1 N–H and O–H groups in total. The first-order valence-electron chi connectivity index (χ1n) is 7.20. The van der Waals surface area contributed by atoms with Gasteiger partial charge >= 0.3 is 0 Å². The van der Waals surface area contributed by atoms with E-state index in [0.29, 0.717) is 5.56 Å². The normalized spacial score (nSPS) is 12.4. The molecule has 0 saturated heterocycles. The van der Waals surface area contributed by atoms with Gasteiger partial charge in [-0.3, -0.25) is 4.79 Å². The van der Waals surface area contributed by atoms with Gasteiger partial charge in [0.15, 0.2) is 0 Å². The highest BCUT2D eigenvalue weighted by atomic mass is 32.2. The molecule has 2 aromatic rings. The summed E-state index contributed by atoms with van der Waals surface area (Å²) in [6, 6.07) is 9.72. The van der Waals surface area contributed by atoms with Crippen molar-refractivity contribution in [3.63, 3.8) is 0 Å². The Balaban J connectivity index is 2.25. The van der Waals surface area contributed by atoms with Crippen LogP contribution in [0, 0.1) is 12.3 Å². The van der Waals surface area contributed by atoms with Gasteiger partial charge in [-0.05, 0) is 36.6 Å². The molecular formula is C17H18N2O3S2. The number of amides is 1. The van der Waals surface area contributed by atoms with Crippen LogP contribution in [0.3, 0.4) is 0 Å². The molecule has 1 heterocycles. The summed E-state index contributed by atoms with van der Waals surface area (Å²) in [5.41, 5.74) is 0.310. The fourth-order valence-corrected chi connectivity index (χ4v) is 3.92. The number of rotatable bonds is 6. The summed E-state index contributed by atoms with van der Waals surface area (Å²) in [6.07, 6.45) is 5.07. The SMILES string of the molecule is C#CCNS(=O)(=O)c1cccc(C(=O)N(C)[C@H](C)c2cccs2)c1. The highest BCUT2D eigenvalue weighted by Crippen LogP contribution is 2.25. The van der Waals surface area contributed by atoms with E-state index in [2.05, 4.69) is 10.6 Å². The van der Waals surface area contributed by atoms with Gasteiger partial charge in [0, 0.05) is 17.5 Å². The van der Waals surface area contributed by atoms with E-state index >= 15 is 0 Å². The summed E-state index contributed by atoms with van der Waals surface area (Å²) in [4.78, 5) is 15.3. The zero-order valence-electron chi connectivity index (χ0n) is 13.4. The number of carbonyl (C=O) groups is 1. The first-order valence-corrected chi connectivity index (χ1v) is 9.57. The van der Waals surface area contributed by atoms with Crippen molar-refractivity contribution in [3.8, 4) is 12.3 Å². The minimum Gasteiger partial charge on any atom is -0.334 e. The molecule has 0 aliphatic rings. The Hall–Kier alpha value is -2.14. The first-order chi connectivity index (χ1) is 11.4. The highest BCUT2D eigenvalue weighted by molar-refractivity contribution is 7.89. The molecule has 0 spiro atoms. The number of thiophene rings is 1. The minimum absolute atomic E-state index is 0.0146. The smallest absolute Gasteiger partial charge is 0.254 e. The molecule has 126 valence electrons. The lowest BCUT2D eigenvalue weighted by molar-refractivity contribution is 0.0744. The van der Waals surface area contributed by atoms with Crippen LogP contribution in [0.25, 0.3) is 0 Å². The fraction of sp³-hybridized carbons (Fsp3) is 0.235. The maximum absolute atomic E-state index is 12.7. The Morgan fingerprint density at radius 1 is 1.38 bits per heavy atom. The van der Waals surface area contributed by atoms with Gasteiger partial charge in [-0.15, -0.1) is 17.8 Å². The number of terminal acetylenes is 1. The number of hydrogen-bond acceptors (Lipinski definition) is 4. The molecule has 0 radical (unpaired) electrons. The molecule has 5 nitrogen and oxygen atoms in total. The summed E-state index contributed by atoms with van der Waals surface area (Å²) in [5, 5.41) is 1.95. The van der Waals surface area contributed by atoms with Crippen molar-refractivity contribution >= 4 is 27.3 Å². The molecule has 7 heteroatoms. The predicted molar refractivity (Wildman–Crippen MR) is 95.3 cm³/mol. The van der Waals surface area contributed by atoms with Crippen LogP contribution in [0.4, 0.5) is 0 Å². The topological polar surface area (TPSA) is 66.5 Å². The van der Waals surface area contributed by atoms with E-state index < -0.39 is 10.0 Å². The van der Waals surface area contributed by atoms with Crippen LogP contribution in [-0.2, 0) is 10.0 Å². The van der Waals surface area contributed by atoms with Gasteiger partial charge in [-0.25, -0.2) is 8.42 Å². The van der Waals surface area contributed by atoms with Gasteiger partial charge in [0.05, 0.1) is 17.5 Å². The molecule has 0 aliphatic heterocycles. The zero-order chi connectivity index (χ0) is 17.7. The molecule has 1 aromatic carbocycles. The van der Waals surface area contributed by atoms with E-state index in [0.717, 1.165) is 4.88 Å². The zero-order valence-corrected chi connectivity index (χ0v) is 15.0. The molecule has 0 unspecified atom stereocenters. The van der Waals surface area contributed by atoms with Crippen LogP contribution in [-0.4, -0.2) is 32.8 Å². The molecule has 1 amide bonds. The molecule has 24 heavy (non-hydrogen) atoms. The number of nitrogens with one attached hydrogen (secondary N) is 1. The van der Waals surface area contributed by atoms with Crippen LogP contribution < -0.4 is 4.72 Å². The molecule has 0 aliphatic carbocycles. The summed E-state index contributed by atoms with van der Waals surface area (Å²) >= 11 is 1.57. The number of nitrogens with zero attached hydrogens (tertiary/aromatic N) is 1. The van der Waals surface area contributed by atoms with Crippen LogP contribution in [0.15, 0.2) is 46.7 Å². The van der Waals surface area contributed by atoms with Crippen LogP contribution in [0.2, 0.25) is 0 Å². The van der Waals surface area contributed by atoms with E-state index in [9.17, 15) is 13.2 Å². The molecule has 2 rings (SSSR count). The largest absolute Gasteiger partial charge is 0.334 e. The summed E-state index contributed by atoms with van der Waals surface area (Å²) in [7, 11) is -2.03. The fourth-order valence-electron chi connectivity index (χ4n) is 2.12. The molecule has 1 aromatic heterocycles. The van der Waals surface area contributed by atoms with Crippen molar-refractivity contribution in [1.29, 1.82) is 0 Å². The summed E-state index contributed by atoms with van der Waals surface area (Å²) < 4.78 is 26.5. The third-order valence-corrected chi connectivity index (χ3v) is 6.05. The second kappa shape index (κ2) is 7.62. The van der Waals surface area contributed by atoms with E-state index in [1.165, 1.54) is 12.1 Å². The van der Waals surface area contributed by atoms with Gasteiger partial charge in [0.1, 0.15) is 0 Å². The number of benzene rings is 1. The van der Waals surface area contributed by atoms with Crippen molar-refractivity contribution in [1.82, 2.24) is 9.62 Å². The van der Waals surface area contributed by atoms with Gasteiger partial charge in [0.2, 0.25) is 10.0 Å². The second-order valence-electron chi connectivity index (χ2n) is 5.16. The Kier molecular flexibility index (Phi) is 5.78. The standard InChI is InChI=1S/C17H18N2O3S2/c1-4-10-18-24(21,22)15-8-5-7-14(12-15)17(20)19(3)13(2)16-9-6-11-23-16/h1,5-9,11-13,18H,10H2,2-3H3/t13-/m1/s1. The monoisotopic (exact) mass is 362 g/mol. The molecule has 0 saturated carbocycles. The molecule has 1 atom stereocenters. The Morgan fingerprint density at radius 3 is 2.75 bits per heavy atom. The summed E-state index contributed by atoms with van der Waals surface area (Å²) in [5.74, 6) is 1.97. The first kappa shape index (κ1) is 18.2. The molecule has 0 bridgehead atoms. The summed E-state index contributed by atoms with van der Waals surface area (Å²) in [6.45, 7) is 1.83. The predicted octanol–water partition coefficient (Wildman–Crippen LogP) is 2.49. The van der Waals surface area contributed by atoms with Gasteiger partial charge in [-0.1, -0.05) is 18.1 Å². The van der Waals surface area contributed by atoms with Crippen molar-refractivity contribution < 1.29 is 13.2 Å². The molecular weight excluding hydrogens is 344 g/mol. The number of carbonyl (C=O) groups excluding carboxylic acids is 1. The maximum atomic E-state index is 12.7. The third-order valence-electron chi connectivity index (χ3n) is 3.61. The lowest BCUT2D eigenvalue weighted by Crippen LogP contribution is -2.29. The third kappa shape index (κ3) is 4.03. The van der Waals surface area contributed by atoms with Crippen LogP contribution >= 0.6 is 11.3 Å². The quantitative estimate of drug-likeness (QED) is 0.803. The lowest BCUT2D eigenvalue weighted by Gasteiger charge is -2.24. The van der Waals surface area contributed by atoms with Gasteiger partial charge in [-0.2, -0.15) is 4.72 Å². The second-order valence-corrected chi connectivity index (χ2v) is 7.91. The van der Waals surface area contributed by atoms with Crippen molar-refractivity contribution in [2.24, 2.45) is 0 Å². The maximum Gasteiger partial charge on any atom is 0.254 e. The van der Waals surface area contributed by atoms with E-state index in [1.54, 1.807) is 35.4 Å². The average Bonchev–Trinajstić information content (AvgIpc) is 3.12. The minimum atomic E-state index is -3.73. The lowest BCUT2D eigenvalue weighted by atomic mass is 10.1. The van der Waals surface area contributed by atoms with Crippen molar-refractivity contribution in [2.45, 2.75) is 17.9 Å². The van der Waals surface area contributed by atoms with Crippen molar-refractivity contribution in [2.75, 3.05) is 13.6 Å². The Bertz CT molecular complexity index is 852. The Morgan fingerprint density at radius 2 is 2.12 bits per heavy atom. The van der Waals surface area contributed by atoms with E-state index in [1.807, 2.05) is 24.4 Å². The van der Waals surface area contributed by atoms with Gasteiger partial charge < -0.3 is 4.90 Å². The average molecular weight is 362 g/mol. The van der Waals surface area contributed by atoms with E-state index in [-0.39, 0.29) is 23.4 Å². The van der Waals surface area contributed by atoms with E-state index in [4.69, 9.17) is 6.42 Å².